The molecule has 0 saturated carbocycles. The minimum atomic E-state index is -3.13. The SMILES string of the molecule is CCS(=O)(=O)N1CCN(C(=O)Cc2ccn(C)c2)CC1. The highest BCUT2D eigenvalue weighted by molar-refractivity contribution is 7.89. The summed E-state index contributed by atoms with van der Waals surface area (Å²) in [4.78, 5) is 13.9. The van der Waals surface area contributed by atoms with Crippen molar-refractivity contribution in [2.24, 2.45) is 7.05 Å². The molecule has 1 amide bonds. The number of piperazine rings is 1. The van der Waals surface area contributed by atoms with Gasteiger partial charge in [0.15, 0.2) is 0 Å². The third-order valence-corrected chi connectivity index (χ3v) is 5.48. The highest BCUT2D eigenvalue weighted by Crippen LogP contribution is 2.10. The van der Waals surface area contributed by atoms with Gasteiger partial charge in [0.05, 0.1) is 12.2 Å². The molecule has 0 bridgehead atoms. The predicted molar refractivity (Wildman–Crippen MR) is 76.7 cm³/mol. The normalized spacial score (nSPS) is 17.4. The average Bonchev–Trinajstić information content (AvgIpc) is 2.84. The fourth-order valence-corrected chi connectivity index (χ4v) is 3.43. The van der Waals surface area contributed by atoms with Gasteiger partial charge >= 0.3 is 0 Å². The van der Waals surface area contributed by atoms with Crippen molar-refractivity contribution in [3.05, 3.63) is 24.0 Å². The molecular formula is C13H21N3O3S. The molecule has 2 rings (SSSR count). The molecule has 0 aromatic carbocycles. The highest BCUT2D eigenvalue weighted by Gasteiger charge is 2.27. The number of sulfonamides is 1. The topological polar surface area (TPSA) is 62.6 Å². The van der Waals surface area contributed by atoms with Crippen LogP contribution in [0.25, 0.3) is 0 Å². The molecule has 0 atom stereocenters. The van der Waals surface area contributed by atoms with Crippen molar-refractivity contribution < 1.29 is 13.2 Å². The molecule has 1 saturated heterocycles. The van der Waals surface area contributed by atoms with Gasteiger partial charge in [-0.3, -0.25) is 4.79 Å². The number of amides is 1. The van der Waals surface area contributed by atoms with Gasteiger partial charge in [-0.15, -0.1) is 0 Å². The first-order chi connectivity index (χ1) is 9.42. The van der Waals surface area contributed by atoms with E-state index in [9.17, 15) is 13.2 Å². The van der Waals surface area contributed by atoms with Crippen LogP contribution in [0.1, 0.15) is 12.5 Å². The van der Waals surface area contributed by atoms with Crippen LogP contribution in [-0.2, 0) is 28.3 Å². The number of aromatic nitrogens is 1. The lowest BCUT2D eigenvalue weighted by molar-refractivity contribution is -0.131. The second kappa shape index (κ2) is 5.97. The summed E-state index contributed by atoms with van der Waals surface area (Å²) >= 11 is 0. The maximum Gasteiger partial charge on any atom is 0.227 e. The summed E-state index contributed by atoms with van der Waals surface area (Å²) in [5.74, 6) is 0.176. The number of carbonyl (C=O) groups excluding carboxylic acids is 1. The summed E-state index contributed by atoms with van der Waals surface area (Å²) in [6.07, 6.45) is 4.21. The quantitative estimate of drug-likeness (QED) is 0.790. The molecule has 7 heteroatoms. The fourth-order valence-electron chi connectivity index (χ4n) is 2.35. The van der Waals surface area contributed by atoms with Crippen molar-refractivity contribution in [1.29, 1.82) is 0 Å². The monoisotopic (exact) mass is 299 g/mol. The Morgan fingerprint density at radius 2 is 1.90 bits per heavy atom. The van der Waals surface area contributed by atoms with Crippen molar-refractivity contribution in [1.82, 2.24) is 13.8 Å². The van der Waals surface area contributed by atoms with E-state index in [2.05, 4.69) is 0 Å². The molecule has 2 heterocycles. The number of nitrogens with zero attached hydrogens (tertiary/aromatic N) is 3. The van der Waals surface area contributed by atoms with Crippen LogP contribution >= 0.6 is 0 Å². The summed E-state index contributed by atoms with van der Waals surface area (Å²) < 4.78 is 26.9. The average molecular weight is 299 g/mol. The molecule has 6 nitrogen and oxygen atoms in total. The van der Waals surface area contributed by atoms with Crippen molar-refractivity contribution in [2.75, 3.05) is 31.9 Å². The van der Waals surface area contributed by atoms with Crippen molar-refractivity contribution in [3.63, 3.8) is 0 Å². The van der Waals surface area contributed by atoms with Gasteiger partial charge in [0.1, 0.15) is 0 Å². The number of rotatable bonds is 4. The smallest absolute Gasteiger partial charge is 0.227 e. The van der Waals surface area contributed by atoms with Gasteiger partial charge in [0.2, 0.25) is 15.9 Å². The van der Waals surface area contributed by atoms with E-state index < -0.39 is 10.0 Å². The number of carbonyl (C=O) groups is 1. The van der Waals surface area contributed by atoms with Crippen LogP contribution in [0.5, 0.6) is 0 Å². The summed E-state index contributed by atoms with van der Waals surface area (Å²) in [7, 11) is -1.21. The van der Waals surface area contributed by atoms with E-state index in [-0.39, 0.29) is 11.7 Å². The van der Waals surface area contributed by atoms with Crippen LogP contribution in [0.15, 0.2) is 18.5 Å². The Balaban J connectivity index is 1.89. The Bertz CT molecular complexity index is 571. The van der Waals surface area contributed by atoms with Crippen LogP contribution in [0.3, 0.4) is 0 Å². The Morgan fingerprint density at radius 1 is 1.25 bits per heavy atom. The van der Waals surface area contributed by atoms with E-state index in [1.165, 1.54) is 4.31 Å². The summed E-state index contributed by atoms with van der Waals surface area (Å²) in [6, 6.07) is 1.93. The molecule has 1 aliphatic heterocycles. The zero-order valence-corrected chi connectivity index (χ0v) is 12.8. The van der Waals surface area contributed by atoms with Crippen LogP contribution < -0.4 is 0 Å². The lowest BCUT2D eigenvalue weighted by Gasteiger charge is -2.33. The first-order valence-corrected chi connectivity index (χ1v) is 8.39. The minimum Gasteiger partial charge on any atom is -0.357 e. The van der Waals surface area contributed by atoms with Crippen LogP contribution in [0.2, 0.25) is 0 Å². The zero-order chi connectivity index (χ0) is 14.8. The van der Waals surface area contributed by atoms with Gasteiger partial charge in [0.25, 0.3) is 0 Å². The number of aryl methyl sites for hydroxylation is 1. The van der Waals surface area contributed by atoms with E-state index in [1.807, 2.05) is 30.1 Å². The molecule has 0 N–H and O–H groups in total. The lowest BCUT2D eigenvalue weighted by Crippen LogP contribution is -2.51. The summed E-state index contributed by atoms with van der Waals surface area (Å²) in [6.45, 7) is 3.39. The molecule has 0 spiro atoms. The first-order valence-electron chi connectivity index (χ1n) is 6.79. The second-order valence-electron chi connectivity index (χ2n) is 5.04. The molecule has 112 valence electrons. The van der Waals surface area contributed by atoms with Crippen LogP contribution in [-0.4, -0.2) is 60.0 Å². The van der Waals surface area contributed by atoms with Gasteiger partial charge in [-0.1, -0.05) is 0 Å². The van der Waals surface area contributed by atoms with Crippen LogP contribution in [0.4, 0.5) is 0 Å². The molecule has 0 aliphatic carbocycles. The Kier molecular flexibility index (Phi) is 4.49. The number of hydrogen-bond donors (Lipinski definition) is 0. The van der Waals surface area contributed by atoms with E-state index >= 15 is 0 Å². The third kappa shape index (κ3) is 3.40. The third-order valence-electron chi connectivity index (χ3n) is 3.60. The van der Waals surface area contributed by atoms with Gasteiger partial charge in [0, 0.05) is 45.6 Å². The minimum absolute atomic E-state index is 0.0600. The molecule has 20 heavy (non-hydrogen) atoms. The predicted octanol–water partition coefficient (Wildman–Crippen LogP) is 0.0615. The Morgan fingerprint density at radius 3 is 2.40 bits per heavy atom. The Hall–Kier alpha value is -1.34. The maximum atomic E-state index is 12.2. The van der Waals surface area contributed by atoms with E-state index in [1.54, 1.807) is 11.8 Å². The van der Waals surface area contributed by atoms with E-state index in [4.69, 9.17) is 0 Å². The van der Waals surface area contributed by atoms with Gasteiger partial charge in [-0.25, -0.2) is 8.42 Å². The van der Waals surface area contributed by atoms with Crippen LogP contribution in [0, 0.1) is 0 Å². The molecule has 1 aromatic rings. The second-order valence-corrected chi connectivity index (χ2v) is 7.30. The largest absolute Gasteiger partial charge is 0.357 e. The van der Waals surface area contributed by atoms with Crippen molar-refractivity contribution in [2.45, 2.75) is 13.3 Å². The fraction of sp³-hybridized carbons (Fsp3) is 0.615. The van der Waals surface area contributed by atoms with Gasteiger partial charge < -0.3 is 9.47 Å². The van der Waals surface area contributed by atoms with E-state index in [0.717, 1.165) is 5.56 Å². The molecular weight excluding hydrogens is 278 g/mol. The molecule has 1 aromatic heterocycles. The standard InChI is InChI=1S/C13H21N3O3S/c1-3-20(18,19)16-8-6-15(7-9-16)13(17)10-12-4-5-14(2)11-12/h4-5,11H,3,6-10H2,1-2H3. The summed E-state index contributed by atoms with van der Waals surface area (Å²) in [5.41, 5.74) is 0.987. The van der Waals surface area contributed by atoms with Gasteiger partial charge in [-0.05, 0) is 18.6 Å². The van der Waals surface area contributed by atoms with E-state index in [0.29, 0.717) is 32.6 Å². The maximum absolute atomic E-state index is 12.2. The molecule has 0 radical (unpaired) electrons. The summed E-state index contributed by atoms with van der Waals surface area (Å²) in [5, 5.41) is 0. The Labute approximate surface area is 120 Å². The molecule has 1 aliphatic rings. The van der Waals surface area contributed by atoms with Crippen molar-refractivity contribution >= 4 is 15.9 Å². The molecule has 0 unspecified atom stereocenters. The lowest BCUT2D eigenvalue weighted by atomic mass is 10.2. The van der Waals surface area contributed by atoms with Gasteiger partial charge in [-0.2, -0.15) is 4.31 Å². The zero-order valence-electron chi connectivity index (χ0n) is 11.9. The number of hydrogen-bond acceptors (Lipinski definition) is 3. The molecule has 1 fully saturated rings. The highest BCUT2D eigenvalue weighted by atomic mass is 32.2. The van der Waals surface area contributed by atoms with Crippen molar-refractivity contribution in [3.8, 4) is 0 Å². The first kappa shape index (κ1) is 15.1.